The summed E-state index contributed by atoms with van der Waals surface area (Å²) in [6, 6.07) is 17.9. The minimum Gasteiger partial charge on any atom is -0.494 e. The van der Waals surface area contributed by atoms with Crippen LogP contribution >= 0.6 is 11.8 Å². The van der Waals surface area contributed by atoms with Crippen LogP contribution in [-0.4, -0.2) is 38.8 Å². The fourth-order valence-corrected chi connectivity index (χ4v) is 3.33. The highest BCUT2D eigenvalue weighted by atomic mass is 32.2. The molecule has 0 radical (unpaired) electrons. The molecule has 1 aromatic heterocycles. The van der Waals surface area contributed by atoms with Crippen LogP contribution in [0.3, 0.4) is 0 Å². The van der Waals surface area contributed by atoms with Gasteiger partial charge in [0.2, 0.25) is 0 Å². The molecule has 5 nitrogen and oxygen atoms in total. The van der Waals surface area contributed by atoms with E-state index in [0.717, 1.165) is 40.2 Å². The maximum atomic E-state index is 9.02. The molecule has 0 aliphatic carbocycles. The highest BCUT2D eigenvalue weighted by Gasteiger charge is 2.16. The number of benzene rings is 2. The van der Waals surface area contributed by atoms with Crippen molar-refractivity contribution in [2.45, 2.75) is 18.5 Å². The number of aromatic nitrogens is 3. The van der Waals surface area contributed by atoms with Gasteiger partial charge in [-0.15, -0.1) is 10.2 Å². The summed E-state index contributed by atoms with van der Waals surface area (Å²) in [5, 5.41) is 18.6. The van der Waals surface area contributed by atoms with Gasteiger partial charge in [0.1, 0.15) is 5.75 Å². The summed E-state index contributed by atoms with van der Waals surface area (Å²) in [6.45, 7) is 2.79. The van der Waals surface area contributed by atoms with Crippen molar-refractivity contribution in [1.29, 1.82) is 0 Å². The van der Waals surface area contributed by atoms with Gasteiger partial charge in [0.05, 0.1) is 6.61 Å². The third-order valence-electron chi connectivity index (χ3n) is 3.60. The van der Waals surface area contributed by atoms with Crippen LogP contribution in [0.15, 0.2) is 59.8 Å². The number of aliphatic hydroxyl groups is 1. The molecule has 0 saturated carbocycles. The summed E-state index contributed by atoms with van der Waals surface area (Å²) in [4.78, 5) is 0. The zero-order valence-electron chi connectivity index (χ0n) is 14.1. The molecule has 0 bridgehead atoms. The Morgan fingerprint density at radius 2 is 1.80 bits per heavy atom. The minimum absolute atomic E-state index is 0.176. The third kappa shape index (κ3) is 4.21. The molecule has 1 heterocycles. The number of hydrogen-bond acceptors (Lipinski definition) is 5. The molecule has 1 N–H and O–H groups in total. The zero-order chi connectivity index (χ0) is 17.5. The van der Waals surface area contributed by atoms with Crippen LogP contribution in [0.1, 0.15) is 13.3 Å². The molecular weight excluding hydrogens is 334 g/mol. The standard InChI is InChI=1S/C19H21N3O2S/c1-2-24-17-11-9-16(10-12-17)22-18(15-7-4-3-5-8-15)20-21-19(22)25-14-6-13-23/h3-5,7-12,23H,2,6,13-14H2,1H3. The lowest BCUT2D eigenvalue weighted by Gasteiger charge is -2.11. The van der Waals surface area contributed by atoms with E-state index in [4.69, 9.17) is 9.84 Å². The average Bonchev–Trinajstić information content (AvgIpc) is 3.07. The van der Waals surface area contributed by atoms with E-state index in [-0.39, 0.29) is 6.61 Å². The van der Waals surface area contributed by atoms with E-state index < -0.39 is 0 Å². The zero-order valence-corrected chi connectivity index (χ0v) is 14.9. The van der Waals surface area contributed by atoms with E-state index in [2.05, 4.69) is 10.2 Å². The van der Waals surface area contributed by atoms with Gasteiger partial charge in [0.15, 0.2) is 11.0 Å². The largest absolute Gasteiger partial charge is 0.494 e. The second kappa shape index (κ2) is 8.69. The first-order valence-corrected chi connectivity index (χ1v) is 9.29. The molecule has 0 aliphatic rings. The fourth-order valence-electron chi connectivity index (χ4n) is 2.46. The molecule has 0 unspecified atom stereocenters. The molecule has 0 spiro atoms. The highest BCUT2D eigenvalue weighted by molar-refractivity contribution is 7.99. The minimum atomic E-state index is 0.176. The lowest BCUT2D eigenvalue weighted by atomic mass is 10.2. The Hall–Kier alpha value is -2.31. The highest BCUT2D eigenvalue weighted by Crippen LogP contribution is 2.29. The number of aliphatic hydroxyl groups excluding tert-OH is 1. The van der Waals surface area contributed by atoms with E-state index >= 15 is 0 Å². The van der Waals surface area contributed by atoms with Crippen molar-refractivity contribution in [3.8, 4) is 22.8 Å². The average molecular weight is 355 g/mol. The van der Waals surface area contributed by atoms with Gasteiger partial charge < -0.3 is 9.84 Å². The van der Waals surface area contributed by atoms with Gasteiger partial charge in [-0.1, -0.05) is 42.1 Å². The number of thioether (sulfide) groups is 1. The summed E-state index contributed by atoms with van der Waals surface area (Å²) in [7, 11) is 0. The lowest BCUT2D eigenvalue weighted by molar-refractivity contribution is 0.296. The van der Waals surface area contributed by atoms with Crippen molar-refractivity contribution >= 4 is 11.8 Å². The summed E-state index contributed by atoms with van der Waals surface area (Å²) in [5.74, 6) is 2.44. The summed E-state index contributed by atoms with van der Waals surface area (Å²) < 4.78 is 7.58. The third-order valence-corrected chi connectivity index (χ3v) is 4.62. The van der Waals surface area contributed by atoms with Crippen LogP contribution in [0.4, 0.5) is 0 Å². The van der Waals surface area contributed by atoms with E-state index in [0.29, 0.717) is 6.61 Å². The van der Waals surface area contributed by atoms with Crippen LogP contribution in [-0.2, 0) is 0 Å². The number of nitrogens with zero attached hydrogens (tertiary/aromatic N) is 3. The Morgan fingerprint density at radius 3 is 2.48 bits per heavy atom. The van der Waals surface area contributed by atoms with Gasteiger partial charge >= 0.3 is 0 Å². The maximum Gasteiger partial charge on any atom is 0.196 e. The molecule has 2 aromatic carbocycles. The monoisotopic (exact) mass is 355 g/mol. The second-order valence-electron chi connectivity index (χ2n) is 5.36. The van der Waals surface area contributed by atoms with Gasteiger partial charge in [-0.3, -0.25) is 4.57 Å². The Balaban J connectivity index is 1.99. The van der Waals surface area contributed by atoms with Crippen molar-refractivity contribution < 1.29 is 9.84 Å². The molecule has 0 saturated heterocycles. The first kappa shape index (κ1) is 17.5. The van der Waals surface area contributed by atoms with E-state index in [1.165, 1.54) is 0 Å². The Morgan fingerprint density at radius 1 is 1.04 bits per heavy atom. The lowest BCUT2D eigenvalue weighted by Crippen LogP contribution is -2.01. The quantitative estimate of drug-likeness (QED) is 0.492. The Labute approximate surface area is 151 Å². The normalized spacial score (nSPS) is 10.8. The van der Waals surface area contributed by atoms with E-state index in [1.54, 1.807) is 11.8 Å². The van der Waals surface area contributed by atoms with E-state index in [9.17, 15) is 0 Å². The van der Waals surface area contributed by atoms with E-state index in [1.807, 2.05) is 66.1 Å². The van der Waals surface area contributed by atoms with Gasteiger partial charge in [-0.2, -0.15) is 0 Å². The van der Waals surface area contributed by atoms with Crippen LogP contribution in [0.5, 0.6) is 5.75 Å². The molecule has 3 aromatic rings. The molecule has 130 valence electrons. The SMILES string of the molecule is CCOc1ccc(-n2c(SCCCO)nnc2-c2ccccc2)cc1. The molecule has 0 atom stereocenters. The summed E-state index contributed by atoms with van der Waals surface area (Å²) >= 11 is 1.59. The molecule has 3 rings (SSSR count). The molecule has 0 aliphatic heterocycles. The molecule has 0 amide bonds. The topological polar surface area (TPSA) is 60.2 Å². The first-order chi connectivity index (χ1) is 12.3. The number of hydrogen-bond donors (Lipinski definition) is 1. The van der Waals surface area contributed by atoms with Crippen LogP contribution in [0.25, 0.3) is 17.1 Å². The Bertz CT molecular complexity index is 788. The van der Waals surface area contributed by atoms with Crippen molar-refractivity contribution in [3.63, 3.8) is 0 Å². The molecule has 6 heteroatoms. The second-order valence-corrected chi connectivity index (χ2v) is 6.42. The first-order valence-electron chi connectivity index (χ1n) is 8.31. The predicted molar refractivity (Wildman–Crippen MR) is 100 cm³/mol. The van der Waals surface area contributed by atoms with Crippen LogP contribution in [0, 0.1) is 0 Å². The Kier molecular flexibility index (Phi) is 6.09. The van der Waals surface area contributed by atoms with Crippen LogP contribution in [0.2, 0.25) is 0 Å². The molecular formula is C19H21N3O2S. The maximum absolute atomic E-state index is 9.02. The van der Waals surface area contributed by atoms with Crippen LogP contribution < -0.4 is 4.74 Å². The molecule has 25 heavy (non-hydrogen) atoms. The number of ether oxygens (including phenoxy) is 1. The predicted octanol–water partition coefficient (Wildman–Crippen LogP) is 3.81. The molecule has 0 fully saturated rings. The van der Waals surface area contributed by atoms with Crippen molar-refractivity contribution in [1.82, 2.24) is 14.8 Å². The summed E-state index contributed by atoms with van der Waals surface area (Å²) in [6.07, 6.45) is 0.724. The van der Waals surface area contributed by atoms with Gasteiger partial charge in [-0.25, -0.2) is 0 Å². The number of rotatable bonds is 8. The smallest absolute Gasteiger partial charge is 0.196 e. The van der Waals surface area contributed by atoms with Crippen molar-refractivity contribution in [2.24, 2.45) is 0 Å². The van der Waals surface area contributed by atoms with Crippen molar-refractivity contribution in [3.05, 3.63) is 54.6 Å². The fraction of sp³-hybridized carbons (Fsp3) is 0.263. The summed E-state index contributed by atoms with van der Waals surface area (Å²) in [5.41, 5.74) is 2.00. The van der Waals surface area contributed by atoms with Gasteiger partial charge in [0, 0.05) is 23.6 Å². The van der Waals surface area contributed by atoms with Crippen molar-refractivity contribution in [2.75, 3.05) is 19.0 Å². The van der Waals surface area contributed by atoms with Gasteiger partial charge in [0.25, 0.3) is 0 Å². The van der Waals surface area contributed by atoms with Gasteiger partial charge in [-0.05, 0) is 37.6 Å².